The van der Waals surface area contributed by atoms with E-state index in [1.165, 1.54) is 0 Å². The van der Waals surface area contributed by atoms with E-state index in [0.717, 1.165) is 11.4 Å². The molecule has 4 nitrogen and oxygen atoms in total. The molecule has 0 saturated heterocycles. The van der Waals surface area contributed by atoms with Crippen molar-refractivity contribution in [2.45, 2.75) is 6.54 Å². The van der Waals surface area contributed by atoms with Gasteiger partial charge in [-0.15, -0.1) is 6.42 Å². The van der Waals surface area contributed by atoms with Gasteiger partial charge in [-0.25, -0.2) is 4.98 Å². The van der Waals surface area contributed by atoms with Gasteiger partial charge in [0.1, 0.15) is 12.4 Å². The molecule has 90 valence electrons. The molecule has 0 spiro atoms. The average molecular weight is 239 g/mol. The van der Waals surface area contributed by atoms with Gasteiger partial charge in [0.25, 0.3) is 0 Å². The van der Waals surface area contributed by atoms with Crippen molar-refractivity contribution in [2.75, 3.05) is 6.54 Å². The van der Waals surface area contributed by atoms with Crippen molar-refractivity contribution >= 4 is 5.91 Å². The minimum atomic E-state index is -0.122. The monoisotopic (exact) mass is 239 g/mol. The van der Waals surface area contributed by atoms with Crippen molar-refractivity contribution in [3.05, 3.63) is 42.7 Å². The van der Waals surface area contributed by atoms with Crippen LogP contribution in [0.5, 0.6) is 0 Å². The summed E-state index contributed by atoms with van der Waals surface area (Å²) in [7, 11) is 0. The lowest BCUT2D eigenvalue weighted by atomic mass is 10.2. The fourth-order valence-electron chi connectivity index (χ4n) is 1.64. The summed E-state index contributed by atoms with van der Waals surface area (Å²) in [6.45, 7) is 0.458. The van der Waals surface area contributed by atoms with Gasteiger partial charge in [0, 0.05) is 18.0 Å². The Labute approximate surface area is 106 Å². The van der Waals surface area contributed by atoms with Crippen molar-refractivity contribution in [1.82, 2.24) is 14.9 Å². The molecule has 0 bridgehead atoms. The lowest BCUT2D eigenvalue weighted by molar-refractivity contribution is -0.121. The van der Waals surface area contributed by atoms with Gasteiger partial charge in [-0.1, -0.05) is 36.3 Å². The molecule has 1 aromatic carbocycles. The standard InChI is InChI=1S/C14H13N3O/c1-2-8-15-13(18)11-17-10-9-16-14(17)12-6-4-3-5-7-12/h1,3-7,9-10H,8,11H2,(H,15,18). The van der Waals surface area contributed by atoms with E-state index in [-0.39, 0.29) is 19.0 Å². The van der Waals surface area contributed by atoms with Gasteiger partial charge in [-0.2, -0.15) is 0 Å². The predicted octanol–water partition coefficient (Wildman–Crippen LogP) is 1.30. The molecule has 0 aliphatic rings. The molecular formula is C14H13N3O. The Morgan fingerprint density at radius 1 is 1.39 bits per heavy atom. The molecule has 0 radical (unpaired) electrons. The molecule has 0 aliphatic carbocycles. The van der Waals surface area contributed by atoms with Gasteiger partial charge in [0.05, 0.1) is 6.54 Å². The summed E-state index contributed by atoms with van der Waals surface area (Å²) >= 11 is 0. The van der Waals surface area contributed by atoms with Crippen LogP contribution >= 0.6 is 0 Å². The average Bonchev–Trinajstić information content (AvgIpc) is 2.85. The van der Waals surface area contributed by atoms with E-state index in [4.69, 9.17) is 6.42 Å². The maximum Gasteiger partial charge on any atom is 0.240 e. The molecule has 2 aromatic rings. The van der Waals surface area contributed by atoms with Crippen molar-refractivity contribution in [1.29, 1.82) is 0 Å². The van der Waals surface area contributed by atoms with Gasteiger partial charge in [-0.05, 0) is 0 Å². The maximum absolute atomic E-state index is 11.6. The molecule has 18 heavy (non-hydrogen) atoms. The fraction of sp³-hybridized carbons (Fsp3) is 0.143. The number of carbonyl (C=O) groups excluding carboxylic acids is 1. The summed E-state index contributed by atoms with van der Waals surface area (Å²) in [5.74, 6) is 3.02. The van der Waals surface area contributed by atoms with Gasteiger partial charge < -0.3 is 9.88 Å². The van der Waals surface area contributed by atoms with Crippen LogP contribution in [0.2, 0.25) is 0 Å². The molecule has 1 N–H and O–H groups in total. The van der Waals surface area contributed by atoms with E-state index >= 15 is 0 Å². The highest BCUT2D eigenvalue weighted by molar-refractivity contribution is 5.76. The molecule has 0 fully saturated rings. The van der Waals surface area contributed by atoms with Crippen LogP contribution < -0.4 is 5.32 Å². The highest BCUT2D eigenvalue weighted by Gasteiger charge is 2.08. The number of rotatable bonds is 4. The van der Waals surface area contributed by atoms with Crippen molar-refractivity contribution in [3.8, 4) is 23.7 Å². The third-order valence-corrected chi connectivity index (χ3v) is 2.45. The number of amides is 1. The van der Waals surface area contributed by atoms with Crippen molar-refractivity contribution in [3.63, 3.8) is 0 Å². The van der Waals surface area contributed by atoms with Crippen LogP contribution in [0.25, 0.3) is 11.4 Å². The Kier molecular flexibility index (Phi) is 3.77. The lowest BCUT2D eigenvalue weighted by Gasteiger charge is -2.07. The zero-order valence-electron chi connectivity index (χ0n) is 9.84. The summed E-state index contributed by atoms with van der Waals surface area (Å²) < 4.78 is 1.79. The van der Waals surface area contributed by atoms with Crippen molar-refractivity contribution < 1.29 is 4.79 Å². The Hall–Kier alpha value is -2.54. The second-order valence-corrected chi connectivity index (χ2v) is 3.73. The van der Waals surface area contributed by atoms with Crippen molar-refractivity contribution in [2.24, 2.45) is 0 Å². The fourth-order valence-corrected chi connectivity index (χ4v) is 1.64. The summed E-state index contributed by atoms with van der Waals surface area (Å²) in [6.07, 6.45) is 8.54. The number of nitrogens with one attached hydrogen (secondary N) is 1. The summed E-state index contributed by atoms with van der Waals surface area (Å²) in [4.78, 5) is 15.9. The highest BCUT2D eigenvalue weighted by atomic mass is 16.1. The molecular weight excluding hydrogens is 226 g/mol. The second-order valence-electron chi connectivity index (χ2n) is 3.73. The summed E-state index contributed by atoms with van der Waals surface area (Å²) in [6, 6.07) is 9.73. The van der Waals surface area contributed by atoms with Crippen LogP contribution in [0.4, 0.5) is 0 Å². The summed E-state index contributed by atoms with van der Waals surface area (Å²) in [5.41, 5.74) is 0.979. The third-order valence-electron chi connectivity index (χ3n) is 2.45. The van der Waals surface area contributed by atoms with Gasteiger partial charge >= 0.3 is 0 Å². The SMILES string of the molecule is C#CCNC(=O)Cn1ccnc1-c1ccccc1. The van der Waals surface area contributed by atoms with E-state index in [2.05, 4.69) is 16.2 Å². The van der Waals surface area contributed by atoms with E-state index in [1.54, 1.807) is 17.0 Å². The van der Waals surface area contributed by atoms with Crippen LogP contribution in [0, 0.1) is 12.3 Å². The molecule has 0 aliphatic heterocycles. The smallest absolute Gasteiger partial charge is 0.240 e. The van der Waals surface area contributed by atoms with Gasteiger partial charge in [0.15, 0.2) is 0 Å². The van der Waals surface area contributed by atoms with Crippen LogP contribution in [-0.4, -0.2) is 22.0 Å². The zero-order chi connectivity index (χ0) is 12.8. The maximum atomic E-state index is 11.6. The molecule has 2 rings (SSSR count). The Balaban J connectivity index is 2.14. The van der Waals surface area contributed by atoms with E-state index in [9.17, 15) is 4.79 Å². The first-order valence-electron chi connectivity index (χ1n) is 5.58. The highest BCUT2D eigenvalue weighted by Crippen LogP contribution is 2.16. The number of hydrogen-bond acceptors (Lipinski definition) is 2. The van der Waals surface area contributed by atoms with Crippen LogP contribution in [0.15, 0.2) is 42.7 Å². The minimum Gasteiger partial charge on any atom is -0.344 e. The van der Waals surface area contributed by atoms with E-state index in [0.29, 0.717) is 0 Å². The first-order valence-corrected chi connectivity index (χ1v) is 5.58. The molecule has 0 atom stereocenters. The Morgan fingerprint density at radius 2 is 2.17 bits per heavy atom. The number of benzene rings is 1. The molecule has 1 amide bonds. The lowest BCUT2D eigenvalue weighted by Crippen LogP contribution is -2.27. The normalized spacial score (nSPS) is 9.72. The molecule has 1 aromatic heterocycles. The zero-order valence-corrected chi connectivity index (χ0v) is 9.84. The van der Waals surface area contributed by atoms with Crippen LogP contribution in [0.1, 0.15) is 0 Å². The number of aromatic nitrogens is 2. The van der Waals surface area contributed by atoms with E-state index in [1.807, 2.05) is 30.3 Å². The topological polar surface area (TPSA) is 46.9 Å². The molecule has 0 saturated carbocycles. The Morgan fingerprint density at radius 3 is 2.89 bits per heavy atom. The number of hydrogen-bond donors (Lipinski definition) is 1. The summed E-state index contributed by atoms with van der Waals surface area (Å²) in [5, 5.41) is 2.63. The predicted molar refractivity (Wildman–Crippen MR) is 69.5 cm³/mol. The molecule has 0 unspecified atom stereocenters. The number of terminal acetylenes is 1. The number of nitrogens with zero attached hydrogens (tertiary/aromatic N) is 2. The van der Waals surface area contributed by atoms with Gasteiger partial charge in [0.2, 0.25) is 5.91 Å². The second kappa shape index (κ2) is 5.69. The Bertz CT molecular complexity index is 566. The van der Waals surface area contributed by atoms with E-state index < -0.39 is 0 Å². The van der Waals surface area contributed by atoms with Crippen LogP contribution in [-0.2, 0) is 11.3 Å². The number of carbonyl (C=O) groups is 1. The first-order chi connectivity index (χ1) is 8.81. The molecule has 1 heterocycles. The first kappa shape index (κ1) is 11.9. The quantitative estimate of drug-likeness (QED) is 0.817. The minimum absolute atomic E-state index is 0.122. The largest absolute Gasteiger partial charge is 0.344 e. The number of imidazole rings is 1. The van der Waals surface area contributed by atoms with Gasteiger partial charge in [-0.3, -0.25) is 4.79 Å². The van der Waals surface area contributed by atoms with Crippen LogP contribution in [0.3, 0.4) is 0 Å². The third kappa shape index (κ3) is 2.77. The molecule has 4 heteroatoms.